The van der Waals surface area contributed by atoms with E-state index >= 15 is 0 Å². The van der Waals surface area contributed by atoms with Crippen LogP contribution in [0.4, 0.5) is 5.69 Å². The average molecular weight is 288 g/mol. The standard InChI is InChI=1S/C17H24N2O2/c20-17(14-15-6-12-21-13-7-15)19-10-8-18(9-11-19)16-4-2-1-3-5-16/h1-5,15H,6-14H2. The molecule has 2 aliphatic heterocycles. The molecule has 0 saturated carbocycles. The van der Waals surface area contributed by atoms with Crippen LogP contribution in [0.15, 0.2) is 30.3 Å². The molecule has 0 atom stereocenters. The van der Waals surface area contributed by atoms with Gasteiger partial charge in [0, 0.05) is 51.5 Å². The third kappa shape index (κ3) is 3.76. The molecule has 4 heteroatoms. The maximum absolute atomic E-state index is 12.4. The number of hydrogen-bond donors (Lipinski definition) is 0. The highest BCUT2D eigenvalue weighted by Crippen LogP contribution is 2.21. The number of rotatable bonds is 3. The highest BCUT2D eigenvalue weighted by molar-refractivity contribution is 5.76. The summed E-state index contributed by atoms with van der Waals surface area (Å²) in [5.41, 5.74) is 1.26. The lowest BCUT2D eigenvalue weighted by molar-refractivity contribution is -0.133. The van der Waals surface area contributed by atoms with E-state index in [0.29, 0.717) is 18.2 Å². The van der Waals surface area contributed by atoms with Crippen molar-refractivity contribution in [1.29, 1.82) is 0 Å². The third-order valence-electron chi connectivity index (χ3n) is 4.56. The predicted molar refractivity (Wildman–Crippen MR) is 83.4 cm³/mol. The van der Waals surface area contributed by atoms with Gasteiger partial charge in [-0.25, -0.2) is 0 Å². The van der Waals surface area contributed by atoms with Crippen LogP contribution < -0.4 is 4.90 Å². The van der Waals surface area contributed by atoms with E-state index in [2.05, 4.69) is 29.2 Å². The predicted octanol–water partition coefficient (Wildman–Crippen LogP) is 2.15. The Hall–Kier alpha value is -1.55. The first-order valence-electron chi connectivity index (χ1n) is 7.98. The fourth-order valence-corrected chi connectivity index (χ4v) is 3.18. The summed E-state index contributed by atoms with van der Waals surface area (Å²) in [6.45, 7) is 5.19. The number of hydrogen-bond acceptors (Lipinski definition) is 3. The summed E-state index contributed by atoms with van der Waals surface area (Å²) in [4.78, 5) is 16.8. The first-order chi connectivity index (χ1) is 10.3. The number of carbonyl (C=O) groups is 1. The summed E-state index contributed by atoms with van der Waals surface area (Å²) in [5.74, 6) is 0.855. The minimum absolute atomic E-state index is 0.328. The number of benzene rings is 1. The van der Waals surface area contributed by atoms with Crippen LogP contribution in [0, 0.1) is 5.92 Å². The number of amides is 1. The zero-order valence-electron chi connectivity index (χ0n) is 12.5. The molecule has 2 aliphatic rings. The van der Waals surface area contributed by atoms with Crippen molar-refractivity contribution in [2.24, 2.45) is 5.92 Å². The highest BCUT2D eigenvalue weighted by Gasteiger charge is 2.24. The van der Waals surface area contributed by atoms with Crippen LogP contribution in [0.2, 0.25) is 0 Å². The van der Waals surface area contributed by atoms with Gasteiger partial charge in [-0.3, -0.25) is 4.79 Å². The van der Waals surface area contributed by atoms with Crippen LogP contribution in [0.25, 0.3) is 0 Å². The molecule has 1 amide bonds. The summed E-state index contributed by atoms with van der Waals surface area (Å²) in [7, 11) is 0. The lowest BCUT2D eigenvalue weighted by Crippen LogP contribution is -2.49. The van der Waals surface area contributed by atoms with E-state index in [-0.39, 0.29) is 0 Å². The maximum atomic E-state index is 12.4. The number of piperazine rings is 1. The fraction of sp³-hybridized carbons (Fsp3) is 0.588. The Balaban J connectivity index is 1.47. The first-order valence-corrected chi connectivity index (χ1v) is 7.98. The molecule has 114 valence electrons. The molecule has 0 spiro atoms. The summed E-state index contributed by atoms with van der Waals surface area (Å²) < 4.78 is 5.36. The lowest BCUT2D eigenvalue weighted by Gasteiger charge is -2.37. The van der Waals surface area contributed by atoms with E-state index in [1.165, 1.54) is 5.69 Å². The van der Waals surface area contributed by atoms with E-state index in [1.54, 1.807) is 0 Å². The van der Waals surface area contributed by atoms with Crippen LogP contribution >= 0.6 is 0 Å². The van der Waals surface area contributed by atoms with Gasteiger partial charge in [-0.15, -0.1) is 0 Å². The molecule has 0 N–H and O–H groups in total. The van der Waals surface area contributed by atoms with Gasteiger partial charge in [0.05, 0.1) is 0 Å². The van der Waals surface area contributed by atoms with Crippen LogP contribution in [0.5, 0.6) is 0 Å². The molecular weight excluding hydrogens is 264 g/mol. The monoisotopic (exact) mass is 288 g/mol. The van der Waals surface area contributed by atoms with Gasteiger partial charge < -0.3 is 14.5 Å². The molecule has 0 unspecified atom stereocenters. The number of ether oxygens (including phenoxy) is 1. The van der Waals surface area contributed by atoms with E-state index in [0.717, 1.165) is 52.2 Å². The van der Waals surface area contributed by atoms with Crippen LogP contribution in [-0.2, 0) is 9.53 Å². The summed E-state index contributed by atoms with van der Waals surface area (Å²) in [5, 5.41) is 0. The van der Waals surface area contributed by atoms with Crippen LogP contribution in [0.1, 0.15) is 19.3 Å². The zero-order valence-corrected chi connectivity index (χ0v) is 12.5. The first kappa shape index (κ1) is 14.4. The normalized spacial score (nSPS) is 20.6. The molecule has 0 bridgehead atoms. The van der Waals surface area contributed by atoms with Crippen molar-refractivity contribution in [2.75, 3.05) is 44.3 Å². The Bertz CT molecular complexity index is 449. The quantitative estimate of drug-likeness (QED) is 0.854. The van der Waals surface area contributed by atoms with Gasteiger partial charge in [0.2, 0.25) is 5.91 Å². The molecule has 21 heavy (non-hydrogen) atoms. The summed E-state index contributed by atoms with van der Waals surface area (Å²) in [6, 6.07) is 10.5. The second-order valence-electron chi connectivity index (χ2n) is 5.96. The Morgan fingerprint density at radius 3 is 2.38 bits per heavy atom. The molecule has 4 nitrogen and oxygen atoms in total. The van der Waals surface area contributed by atoms with Gasteiger partial charge in [0.25, 0.3) is 0 Å². The topological polar surface area (TPSA) is 32.8 Å². The minimum Gasteiger partial charge on any atom is -0.381 e. The van der Waals surface area contributed by atoms with Gasteiger partial charge in [-0.2, -0.15) is 0 Å². The van der Waals surface area contributed by atoms with Crippen molar-refractivity contribution in [3.8, 4) is 0 Å². The summed E-state index contributed by atoms with van der Waals surface area (Å²) in [6.07, 6.45) is 2.78. The van der Waals surface area contributed by atoms with Crippen LogP contribution in [0.3, 0.4) is 0 Å². The van der Waals surface area contributed by atoms with Gasteiger partial charge in [-0.05, 0) is 30.9 Å². The molecule has 0 aromatic heterocycles. The van der Waals surface area contributed by atoms with Gasteiger partial charge in [-0.1, -0.05) is 18.2 Å². The number of nitrogens with zero attached hydrogens (tertiary/aromatic N) is 2. The lowest BCUT2D eigenvalue weighted by atomic mass is 9.96. The van der Waals surface area contributed by atoms with Gasteiger partial charge in [0.15, 0.2) is 0 Å². The molecule has 3 rings (SSSR count). The Morgan fingerprint density at radius 2 is 1.71 bits per heavy atom. The maximum Gasteiger partial charge on any atom is 0.222 e. The van der Waals surface area contributed by atoms with Crippen molar-refractivity contribution < 1.29 is 9.53 Å². The third-order valence-corrected chi connectivity index (χ3v) is 4.56. The van der Waals surface area contributed by atoms with E-state index in [9.17, 15) is 4.79 Å². The second-order valence-corrected chi connectivity index (χ2v) is 5.96. The largest absolute Gasteiger partial charge is 0.381 e. The number of para-hydroxylation sites is 1. The number of carbonyl (C=O) groups excluding carboxylic acids is 1. The zero-order chi connectivity index (χ0) is 14.5. The Kier molecular flexibility index (Phi) is 4.76. The summed E-state index contributed by atoms with van der Waals surface area (Å²) >= 11 is 0. The van der Waals surface area contributed by atoms with Gasteiger partial charge in [0.1, 0.15) is 0 Å². The highest BCUT2D eigenvalue weighted by atomic mass is 16.5. The molecule has 0 aliphatic carbocycles. The Morgan fingerprint density at radius 1 is 1.05 bits per heavy atom. The Labute approximate surface area is 126 Å². The molecule has 2 heterocycles. The molecule has 0 radical (unpaired) electrons. The molecular formula is C17H24N2O2. The van der Waals surface area contributed by atoms with Crippen LogP contribution in [-0.4, -0.2) is 50.2 Å². The second kappa shape index (κ2) is 6.94. The van der Waals surface area contributed by atoms with Gasteiger partial charge >= 0.3 is 0 Å². The smallest absolute Gasteiger partial charge is 0.222 e. The van der Waals surface area contributed by atoms with Crippen molar-refractivity contribution >= 4 is 11.6 Å². The molecule has 1 aromatic carbocycles. The molecule has 2 fully saturated rings. The SMILES string of the molecule is O=C(CC1CCOCC1)N1CCN(c2ccccc2)CC1. The fourth-order valence-electron chi connectivity index (χ4n) is 3.18. The van der Waals surface area contributed by atoms with E-state index in [1.807, 2.05) is 11.0 Å². The van der Waals surface area contributed by atoms with Crippen molar-refractivity contribution in [2.45, 2.75) is 19.3 Å². The molecule has 2 saturated heterocycles. The molecule has 1 aromatic rings. The van der Waals surface area contributed by atoms with Crippen molar-refractivity contribution in [1.82, 2.24) is 4.90 Å². The minimum atomic E-state index is 0.328. The van der Waals surface area contributed by atoms with E-state index < -0.39 is 0 Å². The van der Waals surface area contributed by atoms with E-state index in [4.69, 9.17) is 4.74 Å². The van der Waals surface area contributed by atoms with Crippen molar-refractivity contribution in [3.05, 3.63) is 30.3 Å². The van der Waals surface area contributed by atoms with Crippen molar-refractivity contribution in [3.63, 3.8) is 0 Å². The average Bonchev–Trinajstić information content (AvgIpc) is 2.57. The number of anilines is 1.